The van der Waals surface area contributed by atoms with Crippen LogP contribution < -0.4 is 10.1 Å². The standard InChI is InChI=1S/C15H19N3O2/c1-4-9-19-13-8-6-5-7-12(13)15-17-14(18-20-15)10-11(2)16-3/h4-8,11,16H,1,9-10H2,2-3H3. The minimum atomic E-state index is 0.299. The molecule has 5 nitrogen and oxygen atoms in total. The van der Waals surface area contributed by atoms with Gasteiger partial charge in [-0.25, -0.2) is 0 Å². The van der Waals surface area contributed by atoms with Gasteiger partial charge in [-0.2, -0.15) is 4.98 Å². The summed E-state index contributed by atoms with van der Waals surface area (Å²) >= 11 is 0. The fourth-order valence-corrected chi connectivity index (χ4v) is 1.74. The molecule has 1 unspecified atom stereocenters. The maximum Gasteiger partial charge on any atom is 0.261 e. The van der Waals surface area contributed by atoms with Crippen LogP contribution in [-0.2, 0) is 6.42 Å². The summed E-state index contributed by atoms with van der Waals surface area (Å²) in [5.74, 6) is 1.87. The normalized spacial score (nSPS) is 12.1. The number of benzene rings is 1. The maximum absolute atomic E-state index is 5.59. The fourth-order valence-electron chi connectivity index (χ4n) is 1.74. The molecule has 0 saturated heterocycles. The Kier molecular flexibility index (Phi) is 4.90. The zero-order chi connectivity index (χ0) is 14.4. The molecular formula is C15H19N3O2. The summed E-state index contributed by atoms with van der Waals surface area (Å²) in [5.41, 5.74) is 0.796. The molecule has 0 spiro atoms. The van der Waals surface area contributed by atoms with Crippen molar-refractivity contribution in [1.29, 1.82) is 0 Å². The van der Waals surface area contributed by atoms with E-state index < -0.39 is 0 Å². The molecule has 1 aromatic heterocycles. The van der Waals surface area contributed by atoms with Crippen LogP contribution in [0.4, 0.5) is 0 Å². The highest BCUT2D eigenvalue weighted by Gasteiger charge is 2.14. The first-order chi connectivity index (χ1) is 9.74. The molecule has 1 aromatic carbocycles. The molecule has 2 rings (SSSR count). The van der Waals surface area contributed by atoms with Gasteiger partial charge in [0.05, 0.1) is 5.56 Å². The summed E-state index contributed by atoms with van der Waals surface area (Å²) in [7, 11) is 1.91. The number of likely N-dealkylation sites (N-methyl/N-ethyl adjacent to an activating group) is 1. The van der Waals surface area contributed by atoms with E-state index in [-0.39, 0.29) is 0 Å². The van der Waals surface area contributed by atoms with Crippen LogP contribution in [0.3, 0.4) is 0 Å². The third kappa shape index (κ3) is 3.45. The van der Waals surface area contributed by atoms with Gasteiger partial charge in [0.1, 0.15) is 12.4 Å². The molecule has 0 fully saturated rings. The summed E-state index contributed by atoms with van der Waals surface area (Å²) in [6, 6.07) is 7.89. The van der Waals surface area contributed by atoms with Gasteiger partial charge in [0, 0.05) is 12.5 Å². The second-order valence-electron chi connectivity index (χ2n) is 4.51. The molecule has 5 heteroatoms. The Morgan fingerprint density at radius 3 is 3.00 bits per heavy atom. The number of hydrogen-bond donors (Lipinski definition) is 1. The minimum Gasteiger partial charge on any atom is -0.489 e. The quantitative estimate of drug-likeness (QED) is 0.785. The van der Waals surface area contributed by atoms with Crippen LogP contribution in [0.1, 0.15) is 12.7 Å². The molecule has 20 heavy (non-hydrogen) atoms. The Balaban J connectivity index is 2.21. The van der Waals surface area contributed by atoms with E-state index in [1.165, 1.54) is 0 Å². The van der Waals surface area contributed by atoms with Crippen molar-refractivity contribution < 1.29 is 9.26 Å². The maximum atomic E-state index is 5.59. The summed E-state index contributed by atoms with van der Waals surface area (Å²) in [6.07, 6.45) is 2.42. The second-order valence-corrected chi connectivity index (χ2v) is 4.51. The monoisotopic (exact) mass is 273 g/mol. The van der Waals surface area contributed by atoms with E-state index in [2.05, 4.69) is 29.0 Å². The van der Waals surface area contributed by atoms with Gasteiger partial charge in [0.2, 0.25) is 0 Å². The average Bonchev–Trinajstić information content (AvgIpc) is 2.93. The van der Waals surface area contributed by atoms with Crippen LogP contribution in [0.2, 0.25) is 0 Å². The van der Waals surface area contributed by atoms with Crippen molar-refractivity contribution in [2.24, 2.45) is 0 Å². The lowest BCUT2D eigenvalue weighted by atomic mass is 10.2. The predicted molar refractivity (Wildman–Crippen MR) is 77.7 cm³/mol. The van der Waals surface area contributed by atoms with Crippen LogP contribution in [0, 0.1) is 0 Å². The number of ether oxygens (including phenoxy) is 1. The molecule has 2 aromatic rings. The average molecular weight is 273 g/mol. The molecular weight excluding hydrogens is 254 g/mol. The molecule has 1 heterocycles. The van der Waals surface area contributed by atoms with Crippen molar-refractivity contribution in [2.75, 3.05) is 13.7 Å². The lowest BCUT2D eigenvalue weighted by Gasteiger charge is -2.06. The number of nitrogens with one attached hydrogen (secondary N) is 1. The molecule has 0 aliphatic heterocycles. The SMILES string of the molecule is C=CCOc1ccccc1-c1nc(CC(C)NC)no1. The Bertz CT molecular complexity index is 566. The van der Waals surface area contributed by atoms with Gasteiger partial charge in [0.15, 0.2) is 5.82 Å². The van der Waals surface area contributed by atoms with Crippen LogP contribution in [-0.4, -0.2) is 29.8 Å². The predicted octanol–water partition coefficient (Wildman–Crippen LogP) is 2.45. The van der Waals surface area contributed by atoms with Gasteiger partial charge in [0.25, 0.3) is 5.89 Å². The third-order valence-corrected chi connectivity index (χ3v) is 2.92. The first-order valence-electron chi connectivity index (χ1n) is 6.57. The van der Waals surface area contributed by atoms with Crippen molar-refractivity contribution in [3.05, 3.63) is 42.7 Å². The number of aromatic nitrogens is 2. The molecule has 106 valence electrons. The first kappa shape index (κ1) is 14.3. The van der Waals surface area contributed by atoms with E-state index >= 15 is 0 Å². The number of hydrogen-bond acceptors (Lipinski definition) is 5. The number of nitrogens with zero attached hydrogens (tertiary/aromatic N) is 2. The molecule has 1 atom stereocenters. The first-order valence-corrected chi connectivity index (χ1v) is 6.57. The highest BCUT2D eigenvalue weighted by atomic mass is 16.5. The highest BCUT2D eigenvalue weighted by Crippen LogP contribution is 2.28. The molecule has 0 radical (unpaired) electrons. The highest BCUT2D eigenvalue weighted by molar-refractivity contribution is 5.62. The summed E-state index contributed by atoms with van der Waals surface area (Å²) in [4.78, 5) is 4.41. The van der Waals surface area contributed by atoms with E-state index in [4.69, 9.17) is 9.26 Å². The summed E-state index contributed by atoms with van der Waals surface area (Å²) in [5, 5.41) is 7.14. The molecule has 0 aliphatic rings. The van der Waals surface area contributed by atoms with Crippen LogP contribution in [0.15, 0.2) is 41.4 Å². The Morgan fingerprint density at radius 2 is 2.25 bits per heavy atom. The number of para-hydroxylation sites is 1. The van der Waals surface area contributed by atoms with E-state index in [9.17, 15) is 0 Å². The van der Waals surface area contributed by atoms with Gasteiger partial charge in [-0.05, 0) is 26.1 Å². The third-order valence-electron chi connectivity index (χ3n) is 2.92. The van der Waals surface area contributed by atoms with Gasteiger partial charge in [-0.3, -0.25) is 0 Å². The smallest absolute Gasteiger partial charge is 0.261 e. The van der Waals surface area contributed by atoms with Crippen LogP contribution >= 0.6 is 0 Å². The Morgan fingerprint density at radius 1 is 1.45 bits per heavy atom. The molecule has 0 saturated carbocycles. The van der Waals surface area contributed by atoms with Crippen molar-refractivity contribution in [1.82, 2.24) is 15.5 Å². The molecule has 1 N–H and O–H groups in total. The van der Waals surface area contributed by atoms with E-state index in [1.807, 2.05) is 31.3 Å². The topological polar surface area (TPSA) is 60.2 Å². The van der Waals surface area contributed by atoms with E-state index in [0.29, 0.717) is 30.1 Å². The fraction of sp³-hybridized carbons (Fsp3) is 0.333. The van der Waals surface area contributed by atoms with Crippen molar-refractivity contribution in [3.8, 4) is 17.2 Å². The lowest BCUT2D eigenvalue weighted by Crippen LogP contribution is -2.24. The van der Waals surface area contributed by atoms with Crippen LogP contribution in [0.25, 0.3) is 11.5 Å². The van der Waals surface area contributed by atoms with Crippen molar-refractivity contribution >= 4 is 0 Å². The van der Waals surface area contributed by atoms with Gasteiger partial charge < -0.3 is 14.6 Å². The van der Waals surface area contributed by atoms with Gasteiger partial charge >= 0.3 is 0 Å². The zero-order valence-corrected chi connectivity index (χ0v) is 11.8. The van der Waals surface area contributed by atoms with Crippen molar-refractivity contribution in [2.45, 2.75) is 19.4 Å². The summed E-state index contributed by atoms with van der Waals surface area (Å²) < 4.78 is 10.9. The molecule has 0 bridgehead atoms. The van der Waals surface area contributed by atoms with Crippen LogP contribution in [0.5, 0.6) is 5.75 Å². The minimum absolute atomic E-state index is 0.299. The Hall–Kier alpha value is -2.14. The van der Waals surface area contributed by atoms with E-state index in [0.717, 1.165) is 12.0 Å². The zero-order valence-electron chi connectivity index (χ0n) is 11.8. The van der Waals surface area contributed by atoms with Gasteiger partial charge in [-0.1, -0.05) is 29.9 Å². The van der Waals surface area contributed by atoms with E-state index in [1.54, 1.807) is 6.08 Å². The second kappa shape index (κ2) is 6.86. The molecule has 0 amide bonds. The molecule has 0 aliphatic carbocycles. The summed E-state index contributed by atoms with van der Waals surface area (Å²) in [6.45, 7) is 6.15. The van der Waals surface area contributed by atoms with Crippen molar-refractivity contribution in [3.63, 3.8) is 0 Å². The lowest BCUT2D eigenvalue weighted by molar-refractivity contribution is 0.361. The Labute approximate surface area is 118 Å². The largest absolute Gasteiger partial charge is 0.489 e. The van der Waals surface area contributed by atoms with Gasteiger partial charge in [-0.15, -0.1) is 0 Å². The number of rotatable bonds is 7.